The van der Waals surface area contributed by atoms with E-state index in [-0.39, 0.29) is 5.91 Å². The first-order valence-electron chi connectivity index (χ1n) is 6.97. The highest BCUT2D eigenvalue weighted by molar-refractivity contribution is 5.84. The summed E-state index contributed by atoms with van der Waals surface area (Å²) in [4.78, 5) is 24.9. The van der Waals surface area contributed by atoms with Crippen LogP contribution >= 0.6 is 0 Å². The summed E-state index contributed by atoms with van der Waals surface area (Å²) >= 11 is 0. The lowest BCUT2D eigenvalue weighted by Crippen LogP contribution is -2.48. The van der Waals surface area contributed by atoms with Crippen LogP contribution in [0.3, 0.4) is 0 Å². The molecule has 4 nitrogen and oxygen atoms in total. The van der Waals surface area contributed by atoms with Gasteiger partial charge in [-0.05, 0) is 24.3 Å². The molecule has 1 aromatic carbocycles. The summed E-state index contributed by atoms with van der Waals surface area (Å²) in [5.74, 6) is 0.179. The number of carbonyl (C=O) groups excluding carboxylic acids is 2. The standard InChI is InChI=1S/C16H24N2O2/c1-12(2)9-15(17)16(20)18(3)14(11-19)10-13-7-5-4-6-8-13/h4-8,11-12,14-15H,9-10,17H2,1-3H3/t14-,15-/m0/s1. The first-order chi connectivity index (χ1) is 9.45. The number of nitrogens with zero attached hydrogens (tertiary/aromatic N) is 1. The Morgan fingerprint density at radius 2 is 1.90 bits per heavy atom. The number of carbonyl (C=O) groups is 2. The Balaban J connectivity index is 2.69. The van der Waals surface area contributed by atoms with E-state index in [4.69, 9.17) is 5.73 Å². The van der Waals surface area contributed by atoms with Gasteiger partial charge in [0.1, 0.15) is 6.29 Å². The Labute approximate surface area is 121 Å². The van der Waals surface area contributed by atoms with Crippen molar-refractivity contribution in [3.63, 3.8) is 0 Å². The Kier molecular flexibility index (Phi) is 6.39. The molecule has 0 radical (unpaired) electrons. The minimum absolute atomic E-state index is 0.174. The second-order valence-corrected chi connectivity index (χ2v) is 5.58. The quantitative estimate of drug-likeness (QED) is 0.770. The van der Waals surface area contributed by atoms with Gasteiger partial charge in [-0.1, -0.05) is 44.2 Å². The fourth-order valence-electron chi connectivity index (χ4n) is 2.17. The van der Waals surface area contributed by atoms with Gasteiger partial charge in [-0.2, -0.15) is 0 Å². The lowest BCUT2D eigenvalue weighted by atomic mass is 10.0. The number of aldehydes is 1. The number of benzene rings is 1. The van der Waals surface area contributed by atoms with Gasteiger partial charge in [0.2, 0.25) is 5.91 Å². The second kappa shape index (κ2) is 7.80. The average Bonchev–Trinajstić information content (AvgIpc) is 2.43. The zero-order chi connectivity index (χ0) is 15.1. The Bertz CT molecular complexity index is 431. The van der Waals surface area contributed by atoms with E-state index in [2.05, 4.69) is 0 Å². The first kappa shape index (κ1) is 16.4. The largest absolute Gasteiger partial charge is 0.334 e. The molecule has 1 rings (SSSR count). The van der Waals surface area contributed by atoms with Crippen molar-refractivity contribution in [2.24, 2.45) is 11.7 Å². The molecule has 0 fully saturated rings. The van der Waals surface area contributed by atoms with Gasteiger partial charge < -0.3 is 15.4 Å². The van der Waals surface area contributed by atoms with Crippen molar-refractivity contribution in [3.8, 4) is 0 Å². The monoisotopic (exact) mass is 276 g/mol. The van der Waals surface area contributed by atoms with Crippen molar-refractivity contribution in [3.05, 3.63) is 35.9 Å². The van der Waals surface area contributed by atoms with Crippen molar-refractivity contribution in [1.82, 2.24) is 4.90 Å². The number of nitrogens with two attached hydrogens (primary N) is 1. The van der Waals surface area contributed by atoms with Gasteiger partial charge in [-0.25, -0.2) is 0 Å². The topological polar surface area (TPSA) is 63.4 Å². The Morgan fingerprint density at radius 3 is 2.40 bits per heavy atom. The minimum Gasteiger partial charge on any atom is -0.334 e. The predicted octanol–water partition coefficient (Wildman–Crippen LogP) is 1.63. The van der Waals surface area contributed by atoms with Crippen LogP contribution in [0.4, 0.5) is 0 Å². The van der Waals surface area contributed by atoms with Gasteiger partial charge in [0, 0.05) is 7.05 Å². The summed E-state index contributed by atoms with van der Waals surface area (Å²) in [5, 5.41) is 0. The smallest absolute Gasteiger partial charge is 0.239 e. The van der Waals surface area contributed by atoms with Gasteiger partial charge in [-0.15, -0.1) is 0 Å². The van der Waals surface area contributed by atoms with E-state index >= 15 is 0 Å². The summed E-state index contributed by atoms with van der Waals surface area (Å²) in [5.41, 5.74) is 6.93. The maximum absolute atomic E-state index is 12.2. The summed E-state index contributed by atoms with van der Waals surface area (Å²) < 4.78 is 0. The molecule has 2 atom stereocenters. The number of hydrogen-bond donors (Lipinski definition) is 1. The third kappa shape index (κ3) is 4.78. The van der Waals surface area contributed by atoms with Crippen LogP contribution in [0.25, 0.3) is 0 Å². The zero-order valence-electron chi connectivity index (χ0n) is 12.5. The molecular weight excluding hydrogens is 252 g/mol. The molecule has 1 aromatic rings. The van der Waals surface area contributed by atoms with Crippen molar-refractivity contribution >= 4 is 12.2 Å². The number of amides is 1. The number of rotatable bonds is 7. The van der Waals surface area contributed by atoms with Crippen LogP contribution in [0.15, 0.2) is 30.3 Å². The van der Waals surface area contributed by atoms with Crippen LogP contribution in [-0.4, -0.2) is 36.2 Å². The van der Waals surface area contributed by atoms with Crippen LogP contribution in [0, 0.1) is 5.92 Å². The average molecular weight is 276 g/mol. The van der Waals surface area contributed by atoms with Crippen LogP contribution in [0.2, 0.25) is 0 Å². The Hall–Kier alpha value is -1.68. The molecule has 0 saturated heterocycles. The molecule has 0 saturated carbocycles. The van der Waals surface area contributed by atoms with Gasteiger partial charge in [0.25, 0.3) is 0 Å². The van der Waals surface area contributed by atoms with Crippen molar-refractivity contribution in [1.29, 1.82) is 0 Å². The van der Waals surface area contributed by atoms with Crippen LogP contribution < -0.4 is 5.73 Å². The van der Waals surface area contributed by atoms with Gasteiger partial charge in [0.05, 0.1) is 12.1 Å². The van der Waals surface area contributed by atoms with E-state index in [1.54, 1.807) is 7.05 Å². The van der Waals surface area contributed by atoms with Gasteiger partial charge in [0.15, 0.2) is 0 Å². The summed E-state index contributed by atoms with van der Waals surface area (Å²) in [6.45, 7) is 4.04. The third-order valence-electron chi connectivity index (χ3n) is 3.33. The molecule has 0 aromatic heterocycles. The summed E-state index contributed by atoms with van der Waals surface area (Å²) in [7, 11) is 1.64. The van der Waals surface area contributed by atoms with E-state index in [1.807, 2.05) is 44.2 Å². The summed E-state index contributed by atoms with van der Waals surface area (Å²) in [6, 6.07) is 8.65. The molecule has 2 N–H and O–H groups in total. The first-order valence-corrected chi connectivity index (χ1v) is 6.97. The molecule has 0 aliphatic carbocycles. The van der Waals surface area contributed by atoms with Crippen molar-refractivity contribution in [2.45, 2.75) is 38.8 Å². The van der Waals surface area contributed by atoms with E-state index < -0.39 is 12.1 Å². The molecule has 0 aliphatic heterocycles. The molecule has 0 aliphatic rings. The molecule has 0 bridgehead atoms. The SMILES string of the molecule is CC(C)C[C@H](N)C(=O)N(C)[C@H](C=O)Cc1ccccc1. The zero-order valence-corrected chi connectivity index (χ0v) is 12.5. The molecule has 0 heterocycles. The van der Waals surface area contributed by atoms with Crippen LogP contribution in [-0.2, 0) is 16.0 Å². The van der Waals surface area contributed by atoms with Gasteiger partial charge >= 0.3 is 0 Å². The highest BCUT2D eigenvalue weighted by atomic mass is 16.2. The van der Waals surface area contributed by atoms with E-state index in [1.165, 1.54) is 4.90 Å². The lowest BCUT2D eigenvalue weighted by Gasteiger charge is -2.27. The third-order valence-corrected chi connectivity index (χ3v) is 3.33. The van der Waals surface area contributed by atoms with E-state index in [9.17, 15) is 9.59 Å². The van der Waals surface area contributed by atoms with E-state index in [0.717, 1.165) is 11.8 Å². The second-order valence-electron chi connectivity index (χ2n) is 5.58. The highest BCUT2D eigenvalue weighted by Gasteiger charge is 2.24. The van der Waals surface area contributed by atoms with Crippen LogP contribution in [0.1, 0.15) is 25.8 Å². The normalized spacial score (nSPS) is 13.8. The Morgan fingerprint density at radius 1 is 1.30 bits per heavy atom. The van der Waals surface area contributed by atoms with Gasteiger partial charge in [-0.3, -0.25) is 4.79 Å². The highest BCUT2D eigenvalue weighted by Crippen LogP contribution is 2.10. The number of hydrogen-bond acceptors (Lipinski definition) is 3. The molecule has 110 valence electrons. The van der Waals surface area contributed by atoms with Crippen molar-refractivity contribution < 1.29 is 9.59 Å². The molecular formula is C16H24N2O2. The summed E-state index contributed by atoms with van der Waals surface area (Å²) in [6.07, 6.45) is 1.95. The maximum atomic E-state index is 12.2. The molecule has 1 amide bonds. The fraction of sp³-hybridized carbons (Fsp3) is 0.500. The molecule has 0 unspecified atom stereocenters. The molecule has 20 heavy (non-hydrogen) atoms. The minimum atomic E-state index is -0.543. The van der Waals surface area contributed by atoms with Crippen LogP contribution in [0.5, 0.6) is 0 Å². The predicted molar refractivity (Wildman–Crippen MR) is 80.2 cm³/mol. The fourth-order valence-corrected chi connectivity index (χ4v) is 2.17. The number of likely N-dealkylation sites (N-methyl/N-ethyl adjacent to an activating group) is 1. The van der Waals surface area contributed by atoms with Crippen molar-refractivity contribution in [2.75, 3.05) is 7.05 Å². The maximum Gasteiger partial charge on any atom is 0.239 e. The molecule has 4 heteroatoms. The lowest BCUT2D eigenvalue weighted by molar-refractivity contribution is -0.136. The molecule has 0 spiro atoms. The van der Waals surface area contributed by atoms with E-state index in [0.29, 0.717) is 18.8 Å².